The van der Waals surface area contributed by atoms with Gasteiger partial charge in [0.05, 0.1) is 0 Å². The van der Waals surface area contributed by atoms with Gasteiger partial charge in [0.25, 0.3) is 0 Å². The van der Waals surface area contributed by atoms with E-state index in [4.69, 9.17) is 45.6 Å². The monoisotopic (exact) mass is 1160 g/mol. The van der Waals surface area contributed by atoms with Gasteiger partial charge in [-0.3, -0.25) is 0 Å². The van der Waals surface area contributed by atoms with E-state index in [0.717, 1.165) is 243 Å². The Bertz CT molecular complexity index is 1680. The molecule has 0 amide bonds. The smallest absolute Gasteiger partial charge is 0.418 e. The van der Waals surface area contributed by atoms with Gasteiger partial charge in [-0.05, 0) is 135 Å². The molecule has 0 spiro atoms. The van der Waals surface area contributed by atoms with Crippen LogP contribution < -0.4 is 0 Å². The molecule has 414 valence electrons. The van der Waals surface area contributed by atoms with Crippen LogP contribution in [-0.2, 0) is 45.6 Å². The van der Waals surface area contributed by atoms with Crippen molar-refractivity contribution in [3.63, 3.8) is 0 Å². The first-order chi connectivity index (χ1) is 34.6. The molecule has 4 unspecified atom stereocenters. The van der Waals surface area contributed by atoms with E-state index >= 15 is 0 Å². The van der Waals surface area contributed by atoms with Gasteiger partial charge in [-0.25, -0.2) is 0 Å². The lowest BCUT2D eigenvalue weighted by atomic mass is 10.0. The summed E-state index contributed by atoms with van der Waals surface area (Å²) in [6.45, 7) is 12.3. The number of hydrogen-bond donors (Lipinski definition) is 2. The zero-order valence-electron chi connectivity index (χ0n) is 45.8. The van der Waals surface area contributed by atoms with Crippen molar-refractivity contribution in [1.82, 2.24) is 0 Å². The van der Waals surface area contributed by atoms with E-state index in [1.165, 1.54) is 0 Å². The van der Waals surface area contributed by atoms with E-state index in [-0.39, 0.29) is 38.8 Å². The van der Waals surface area contributed by atoms with Gasteiger partial charge in [0.2, 0.25) is 0 Å². The lowest BCUT2D eigenvalue weighted by Crippen LogP contribution is -2.86. The van der Waals surface area contributed by atoms with Gasteiger partial charge in [-0.15, -0.1) is 0 Å². The second-order valence-electron chi connectivity index (χ2n) is 26.1. The molecule has 3 aliphatic heterocycles. The molecule has 0 aromatic rings. The average molecular weight is 1160 g/mol. The fraction of sp³-hybridized carbons (Fsp3) is 1.00. The molecule has 3 saturated heterocycles. The second-order valence-corrected chi connectivity index (χ2v) is 56.9. The van der Waals surface area contributed by atoms with Crippen LogP contribution in [0.5, 0.6) is 0 Å². The van der Waals surface area contributed by atoms with E-state index in [9.17, 15) is 9.59 Å². The third-order valence-electron chi connectivity index (χ3n) is 19.6. The number of hydrogen-bond acceptors (Lipinski definition) is 13. The molecule has 72 heavy (non-hydrogen) atoms. The Kier molecular flexibility index (Phi) is 18.5. The normalized spacial score (nSPS) is 41.0. The van der Waals surface area contributed by atoms with Crippen molar-refractivity contribution >= 4 is 78.3 Å². The van der Waals surface area contributed by atoms with E-state index in [1.54, 1.807) is 0 Å². The minimum absolute atomic E-state index is 0.0393. The van der Waals surface area contributed by atoms with Crippen LogP contribution in [0, 0.1) is 0 Å². The van der Waals surface area contributed by atoms with Crippen molar-refractivity contribution in [2.45, 2.75) is 309 Å². The van der Waals surface area contributed by atoms with Gasteiger partial charge in [0.15, 0.2) is 16.6 Å². The molecule has 13 nitrogen and oxygen atoms in total. The molecule has 4 bridgehead atoms. The lowest BCUT2D eigenvalue weighted by Gasteiger charge is -2.63. The number of rotatable bonds is 14. The Morgan fingerprint density at radius 2 is 0.583 bits per heavy atom. The van der Waals surface area contributed by atoms with E-state index in [1.807, 2.05) is 0 Å². The summed E-state index contributed by atoms with van der Waals surface area (Å²) in [4.78, 5) is 29.0. The summed E-state index contributed by atoms with van der Waals surface area (Å²) in [6, 6.07) is 1.89. The Morgan fingerprint density at radius 3 is 0.889 bits per heavy atom. The SMILES string of the molecule is CCO[Si](C)(C)CC[Si](C)(C)O[Si]1(C2CCCCC2)O[Si]2(C3CCCCC3)O[Si](O)(C3CCCCC3)O[Si]3(C4CCCCC4)O[Si](O)(C4CCCCC4)O[Si](C4CCCCC4)(O1)O[Si](C1CCCCC1)(O3)O2. The van der Waals surface area contributed by atoms with Crippen LogP contribution in [0.4, 0.5) is 0 Å². The highest BCUT2D eigenvalue weighted by Gasteiger charge is 2.83. The Morgan fingerprint density at radius 1 is 0.333 bits per heavy atom. The van der Waals surface area contributed by atoms with E-state index in [2.05, 4.69) is 33.1 Å². The van der Waals surface area contributed by atoms with Crippen LogP contribution in [0.15, 0.2) is 0 Å². The molecule has 0 aromatic heterocycles. The summed E-state index contributed by atoms with van der Waals surface area (Å²) in [7, 11) is -34.6. The Balaban J connectivity index is 1.27. The topological polar surface area (TPSA) is 142 Å². The maximum absolute atomic E-state index is 14.5. The fourth-order valence-electron chi connectivity index (χ4n) is 15.5. The molecular formula is C50H100O13Si9. The predicted molar refractivity (Wildman–Crippen MR) is 300 cm³/mol. The Labute approximate surface area is 446 Å². The van der Waals surface area contributed by atoms with Gasteiger partial charge in [-0.1, -0.05) is 135 Å². The summed E-state index contributed by atoms with van der Waals surface area (Å²) in [6.07, 6.45) is 34.6. The number of fused-ring (bicyclic) bond motifs is 3. The molecule has 3 heterocycles. The second kappa shape index (κ2) is 23.5. The fourth-order valence-corrected chi connectivity index (χ4v) is 68.9. The van der Waals surface area contributed by atoms with Gasteiger partial charge < -0.3 is 55.2 Å². The maximum atomic E-state index is 14.5. The van der Waals surface area contributed by atoms with Gasteiger partial charge >= 0.3 is 61.6 Å². The quantitative estimate of drug-likeness (QED) is 0.160. The van der Waals surface area contributed by atoms with Crippen molar-refractivity contribution in [3.8, 4) is 0 Å². The van der Waals surface area contributed by atoms with Crippen LogP contribution in [0.3, 0.4) is 0 Å². The van der Waals surface area contributed by atoms with Gasteiger partial charge in [-0.2, -0.15) is 0 Å². The van der Waals surface area contributed by atoms with Crippen LogP contribution >= 0.6 is 0 Å². The lowest BCUT2D eigenvalue weighted by molar-refractivity contribution is -0.0160. The van der Waals surface area contributed by atoms with Crippen LogP contribution in [0.1, 0.15) is 232 Å². The molecule has 10 rings (SSSR count). The largest absolute Gasteiger partial charge is 0.486 e. The van der Waals surface area contributed by atoms with Crippen LogP contribution in [0.2, 0.25) is 77.1 Å². The summed E-state index contributed by atoms with van der Waals surface area (Å²) in [5, 5.41) is 0. The van der Waals surface area contributed by atoms with Gasteiger partial charge in [0.1, 0.15) is 0 Å². The summed E-state index contributed by atoms with van der Waals surface area (Å²) in [5.41, 5.74) is -0.881. The Hall–Kier alpha value is 1.43. The first-order valence-corrected chi connectivity index (χ1v) is 49.6. The molecular weight excluding hydrogens is 1060 g/mol. The minimum atomic E-state index is -4.43. The van der Waals surface area contributed by atoms with Gasteiger partial charge in [0, 0.05) is 45.4 Å². The molecule has 22 heteroatoms. The zero-order chi connectivity index (χ0) is 50.2. The molecule has 7 saturated carbocycles. The van der Waals surface area contributed by atoms with Crippen molar-refractivity contribution in [2.24, 2.45) is 0 Å². The summed E-state index contributed by atoms with van der Waals surface area (Å²) in [5.74, 6) is 0. The minimum Gasteiger partial charge on any atom is -0.418 e. The van der Waals surface area contributed by atoms with Crippen molar-refractivity contribution in [1.29, 1.82) is 0 Å². The highest BCUT2D eigenvalue weighted by molar-refractivity contribution is 7.00. The molecule has 4 atom stereocenters. The van der Waals surface area contributed by atoms with Crippen molar-refractivity contribution < 1.29 is 55.2 Å². The highest BCUT2D eigenvalue weighted by Crippen LogP contribution is 2.62. The first kappa shape index (κ1) is 56.7. The third-order valence-corrected chi connectivity index (χ3v) is 59.2. The molecule has 7 aliphatic carbocycles. The average Bonchev–Trinajstić information content (AvgIpc) is 3.38. The molecule has 0 radical (unpaired) electrons. The highest BCUT2D eigenvalue weighted by atomic mass is 28.6. The van der Waals surface area contributed by atoms with Crippen LogP contribution in [0.25, 0.3) is 0 Å². The summed E-state index contributed by atoms with van der Waals surface area (Å²) >= 11 is 0. The predicted octanol–water partition coefficient (Wildman–Crippen LogP) is 14.5. The molecule has 10 aliphatic rings. The van der Waals surface area contributed by atoms with E-state index < -0.39 is 78.3 Å². The molecule has 10 fully saturated rings. The van der Waals surface area contributed by atoms with Crippen molar-refractivity contribution in [2.75, 3.05) is 6.61 Å². The standard InChI is InChI=1S/C50H100O13Si9/c1-6-53-64(2,3)42-43-65(4,5)54-68(46-32-18-9-19-33-46)59-70(48-36-22-11-23-37-48)57-66(51,44-28-14-7-15-29-44)55-69(47-34-20-10-21-35-47)56-67(52,45-30-16-8-17-31-45)58-71(60-68,49-38-24-12-25-39-49)63-72(61-69,62-70)50-40-26-13-27-41-50/h44-52H,6-43H2,1-5H3. The zero-order valence-corrected chi connectivity index (χ0v) is 54.8. The van der Waals surface area contributed by atoms with E-state index in [0.29, 0.717) is 0 Å². The molecule has 2 N–H and O–H groups in total. The molecule has 0 aromatic carbocycles. The van der Waals surface area contributed by atoms with Crippen molar-refractivity contribution in [3.05, 3.63) is 0 Å². The first-order valence-electron chi connectivity index (χ1n) is 30.7. The summed E-state index contributed by atoms with van der Waals surface area (Å²) < 4.78 is 90.8. The van der Waals surface area contributed by atoms with Crippen LogP contribution in [-0.4, -0.2) is 94.5 Å². The maximum Gasteiger partial charge on any atom is 0.486 e. The third kappa shape index (κ3) is 12.2.